The van der Waals surface area contributed by atoms with E-state index in [0.29, 0.717) is 0 Å². The lowest BCUT2D eigenvalue weighted by molar-refractivity contribution is 1.29. The highest BCUT2D eigenvalue weighted by atomic mass is 32.3. The van der Waals surface area contributed by atoms with Crippen LogP contribution < -0.4 is 0 Å². The van der Waals surface area contributed by atoms with Gasteiger partial charge in [-0.3, -0.25) is 0 Å². The summed E-state index contributed by atoms with van der Waals surface area (Å²) in [6.45, 7) is 9.36. The summed E-state index contributed by atoms with van der Waals surface area (Å²) in [5, 5.41) is 0. The van der Waals surface area contributed by atoms with E-state index in [2.05, 4.69) is 27.7 Å². The first-order chi connectivity index (χ1) is 4.24. The second kappa shape index (κ2) is 4.21. The molecule has 0 bridgehead atoms. The Balaban J connectivity index is 3.82. The molecule has 0 spiro atoms. The normalized spacial score (nSPS) is 13.8. The van der Waals surface area contributed by atoms with Crippen molar-refractivity contribution in [1.29, 1.82) is 0 Å². The Morgan fingerprint density at radius 1 is 0.667 bits per heavy atom. The van der Waals surface area contributed by atoms with Crippen molar-refractivity contribution in [1.82, 2.24) is 0 Å². The maximum atomic E-state index is 2.34. The molecule has 0 saturated carbocycles. The standard InChI is InChI=1S/C8H20S/c1-5-9(6-2,7-3)8-4/h5-8H2,1-4H3. The summed E-state index contributed by atoms with van der Waals surface area (Å²) in [7, 11) is -0.148. The molecule has 0 rings (SSSR count). The number of hydrogen-bond acceptors (Lipinski definition) is 0. The summed E-state index contributed by atoms with van der Waals surface area (Å²) in [6.07, 6.45) is 0. The summed E-state index contributed by atoms with van der Waals surface area (Å²) in [4.78, 5) is 0. The molecular weight excluding hydrogens is 128 g/mol. The second-order valence-electron chi connectivity index (χ2n) is 2.38. The van der Waals surface area contributed by atoms with Crippen molar-refractivity contribution in [3.05, 3.63) is 0 Å². The van der Waals surface area contributed by atoms with Gasteiger partial charge in [0, 0.05) is 0 Å². The van der Waals surface area contributed by atoms with Gasteiger partial charge in [0.25, 0.3) is 0 Å². The molecule has 0 heterocycles. The van der Waals surface area contributed by atoms with E-state index < -0.39 is 0 Å². The molecule has 58 valence electrons. The van der Waals surface area contributed by atoms with Crippen LogP contribution in [0.25, 0.3) is 0 Å². The number of rotatable bonds is 4. The van der Waals surface area contributed by atoms with Crippen molar-refractivity contribution in [2.75, 3.05) is 23.0 Å². The van der Waals surface area contributed by atoms with Gasteiger partial charge in [-0.2, -0.15) is 0 Å². The van der Waals surface area contributed by atoms with Gasteiger partial charge >= 0.3 is 0 Å². The third kappa shape index (κ3) is 2.21. The maximum absolute atomic E-state index is 2.34. The van der Waals surface area contributed by atoms with Gasteiger partial charge in [-0.25, -0.2) is 10.0 Å². The van der Waals surface area contributed by atoms with Crippen LogP contribution in [0.1, 0.15) is 27.7 Å². The lowest BCUT2D eigenvalue weighted by atomic mass is 10.9. The fourth-order valence-electron chi connectivity index (χ4n) is 1.22. The Morgan fingerprint density at radius 3 is 0.889 bits per heavy atom. The first kappa shape index (κ1) is 9.35. The Kier molecular flexibility index (Phi) is 4.37. The molecule has 0 aromatic carbocycles. The van der Waals surface area contributed by atoms with Crippen LogP contribution in [-0.2, 0) is 0 Å². The highest BCUT2D eigenvalue weighted by molar-refractivity contribution is 8.33. The van der Waals surface area contributed by atoms with Gasteiger partial charge in [0.1, 0.15) is 0 Å². The van der Waals surface area contributed by atoms with Crippen LogP contribution in [0.3, 0.4) is 0 Å². The predicted octanol–water partition coefficient (Wildman–Crippen LogP) is 2.87. The fraction of sp³-hybridized carbons (Fsp3) is 1.00. The third-order valence-corrected chi connectivity index (χ3v) is 7.35. The molecule has 0 nitrogen and oxygen atoms in total. The van der Waals surface area contributed by atoms with Crippen molar-refractivity contribution in [3.8, 4) is 0 Å². The Labute approximate surface area is 61.4 Å². The van der Waals surface area contributed by atoms with E-state index >= 15 is 0 Å². The van der Waals surface area contributed by atoms with Gasteiger partial charge in [0.2, 0.25) is 0 Å². The summed E-state index contributed by atoms with van der Waals surface area (Å²) >= 11 is 0. The summed E-state index contributed by atoms with van der Waals surface area (Å²) in [6, 6.07) is 0. The molecule has 0 radical (unpaired) electrons. The molecule has 9 heavy (non-hydrogen) atoms. The Hall–Kier alpha value is 0.350. The largest absolute Gasteiger partial charge is 0.242 e. The molecule has 0 aromatic heterocycles. The zero-order chi connectivity index (χ0) is 7.33. The molecular formula is C8H20S. The van der Waals surface area contributed by atoms with Crippen LogP contribution in [-0.4, -0.2) is 23.0 Å². The van der Waals surface area contributed by atoms with Crippen LogP contribution in [0.2, 0.25) is 0 Å². The lowest BCUT2D eigenvalue weighted by Gasteiger charge is -2.35. The average molecular weight is 148 g/mol. The second-order valence-corrected chi connectivity index (χ2v) is 7.14. The Morgan fingerprint density at radius 2 is 0.889 bits per heavy atom. The Bertz CT molecular complexity index is 47.5. The smallest absolute Gasteiger partial charge is 0.0256 e. The molecule has 0 aliphatic rings. The van der Waals surface area contributed by atoms with Gasteiger partial charge in [-0.15, -0.1) is 0 Å². The minimum atomic E-state index is -0.148. The lowest BCUT2D eigenvalue weighted by Crippen LogP contribution is -2.10. The third-order valence-electron chi connectivity index (χ3n) is 2.45. The topological polar surface area (TPSA) is 0 Å². The molecule has 0 N–H and O–H groups in total. The van der Waals surface area contributed by atoms with Crippen LogP contribution in [0.5, 0.6) is 0 Å². The molecule has 0 fully saturated rings. The first-order valence-electron chi connectivity index (χ1n) is 3.98. The first-order valence-corrected chi connectivity index (χ1v) is 6.29. The van der Waals surface area contributed by atoms with Crippen molar-refractivity contribution >= 4 is 10.0 Å². The zero-order valence-corrected chi connectivity index (χ0v) is 8.05. The van der Waals surface area contributed by atoms with Crippen molar-refractivity contribution < 1.29 is 0 Å². The summed E-state index contributed by atoms with van der Waals surface area (Å²) < 4.78 is 0. The van der Waals surface area contributed by atoms with Gasteiger partial charge in [-0.1, -0.05) is 27.7 Å². The molecule has 0 aliphatic heterocycles. The molecule has 0 atom stereocenters. The summed E-state index contributed by atoms with van der Waals surface area (Å²) in [5.74, 6) is 5.71. The highest BCUT2D eigenvalue weighted by Crippen LogP contribution is 2.45. The van der Waals surface area contributed by atoms with Gasteiger partial charge < -0.3 is 0 Å². The maximum Gasteiger partial charge on any atom is -0.0256 e. The van der Waals surface area contributed by atoms with Gasteiger partial charge in [0.05, 0.1) is 0 Å². The SMILES string of the molecule is CCS(CC)(CC)CC. The molecule has 0 unspecified atom stereocenters. The highest BCUT2D eigenvalue weighted by Gasteiger charge is 2.13. The van der Waals surface area contributed by atoms with Crippen LogP contribution in [0.15, 0.2) is 0 Å². The molecule has 0 saturated heterocycles. The minimum absolute atomic E-state index is 0.148. The van der Waals surface area contributed by atoms with Gasteiger partial charge in [0.15, 0.2) is 0 Å². The minimum Gasteiger partial charge on any atom is -0.242 e. The van der Waals surface area contributed by atoms with E-state index in [1.165, 1.54) is 23.0 Å². The van der Waals surface area contributed by atoms with Crippen molar-refractivity contribution in [3.63, 3.8) is 0 Å². The van der Waals surface area contributed by atoms with Crippen molar-refractivity contribution in [2.24, 2.45) is 0 Å². The van der Waals surface area contributed by atoms with E-state index in [0.717, 1.165) is 0 Å². The van der Waals surface area contributed by atoms with E-state index in [1.807, 2.05) is 0 Å². The van der Waals surface area contributed by atoms with E-state index in [-0.39, 0.29) is 10.0 Å². The fourth-order valence-corrected chi connectivity index (χ4v) is 3.67. The van der Waals surface area contributed by atoms with E-state index in [1.54, 1.807) is 0 Å². The molecule has 0 aliphatic carbocycles. The zero-order valence-electron chi connectivity index (χ0n) is 7.24. The molecule has 0 amide bonds. The van der Waals surface area contributed by atoms with Crippen molar-refractivity contribution in [2.45, 2.75) is 27.7 Å². The molecule has 1 heteroatoms. The average Bonchev–Trinajstić information content (AvgIpc) is 1.95. The molecule has 0 aromatic rings. The monoisotopic (exact) mass is 148 g/mol. The summed E-state index contributed by atoms with van der Waals surface area (Å²) in [5.41, 5.74) is 0. The van der Waals surface area contributed by atoms with E-state index in [4.69, 9.17) is 0 Å². The van der Waals surface area contributed by atoms with Crippen LogP contribution >= 0.6 is 10.0 Å². The van der Waals surface area contributed by atoms with Gasteiger partial charge in [-0.05, 0) is 23.0 Å². The quantitative estimate of drug-likeness (QED) is 0.575. The van der Waals surface area contributed by atoms with Crippen LogP contribution in [0.4, 0.5) is 0 Å². The predicted molar refractivity (Wildman–Crippen MR) is 49.8 cm³/mol. The van der Waals surface area contributed by atoms with E-state index in [9.17, 15) is 0 Å². The van der Waals surface area contributed by atoms with Crippen LogP contribution in [0, 0.1) is 0 Å². The number of hydrogen-bond donors (Lipinski definition) is 0.